The molecule has 0 aromatic carbocycles. The lowest BCUT2D eigenvalue weighted by atomic mass is 10.1. The van der Waals surface area contributed by atoms with E-state index in [0.717, 1.165) is 32.9 Å². The van der Waals surface area contributed by atoms with E-state index >= 15 is 0 Å². The molecule has 0 spiro atoms. The fourth-order valence-electron chi connectivity index (χ4n) is 3.12. The van der Waals surface area contributed by atoms with Crippen LogP contribution in [-0.4, -0.2) is 26.0 Å². The first-order valence-corrected chi connectivity index (χ1v) is 9.98. The summed E-state index contributed by atoms with van der Waals surface area (Å²) in [6.07, 6.45) is 13.1. The van der Waals surface area contributed by atoms with Gasteiger partial charge in [0.2, 0.25) is 5.95 Å². The average molecular weight is 391 g/mol. The molecule has 1 aliphatic carbocycles. The molecule has 3 aromatic heterocycles. The molecule has 3 heterocycles. The van der Waals surface area contributed by atoms with E-state index in [1.54, 1.807) is 23.7 Å². The Balaban J connectivity index is 1.62. The fourth-order valence-corrected chi connectivity index (χ4v) is 4.16. The second kappa shape index (κ2) is 7.52. The Morgan fingerprint density at radius 1 is 1.18 bits per heavy atom. The molecule has 0 saturated carbocycles. The van der Waals surface area contributed by atoms with Crippen molar-refractivity contribution in [2.24, 2.45) is 0 Å². The average Bonchev–Trinajstić information content (AvgIpc) is 2.94. The number of nitrogen functional groups attached to an aromatic ring is 1. The highest BCUT2D eigenvalue weighted by Gasteiger charge is 2.17. The zero-order valence-corrected chi connectivity index (χ0v) is 16.9. The smallest absolute Gasteiger partial charge is 0.225 e. The number of nitrogens with one attached hydrogen (secondary N) is 1. The van der Waals surface area contributed by atoms with Gasteiger partial charge in [0.15, 0.2) is 0 Å². The summed E-state index contributed by atoms with van der Waals surface area (Å²) in [6.45, 7) is 6.16. The summed E-state index contributed by atoms with van der Waals surface area (Å²) in [4.78, 5) is 17.9. The minimum absolute atomic E-state index is 0.0663. The van der Waals surface area contributed by atoms with E-state index in [-0.39, 0.29) is 6.04 Å². The van der Waals surface area contributed by atoms with Crippen molar-refractivity contribution in [1.29, 1.82) is 0 Å². The number of nitrogens with two attached hydrogens (primary N) is 1. The van der Waals surface area contributed by atoms with Crippen LogP contribution in [0.5, 0.6) is 0 Å². The minimum Gasteiger partial charge on any atom is -0.383 e. The summed E-state index contributed by atoms with van der Waals surface area (Å²) in [5.74, 6) is 0.948. The molecule has 0 saturated heterocycles. The van der Waals surface area contributed by atoms with Crippen molar-refractivity contribution < 1.29 is 0 Å². The monoisotopic (exact) mass is 390 g/mol. The maximum Gasteiger partial charge on any atom is 0.225 e. The Hall–Kier alpha value is -3.06. The molecule has 1 aliphatic rings. The number of anilines is 2. The predicted octanol–water partition coefficient (Wildman–Crippen LogP) is 4.67. The Morgan fingerprint density at radius 3 is 2.82 bits per heavy atom. The van der Waals surface area contributed by atoms with Crippen molar-refractivity contribution in [3.05, 3.63) is 59.6 Å². The van der Waals surface area contributed by atoms with Crippen molar-refractivity contribution in [3.8, 4) is 10.6 Å². The van der Waals surface area contributed by atoms with Gasteiger partial charge in [-0.1, -0.05) is 29.9 Å². The van der Waals surface area contributed by atoms with Crippen LogP contribution in [0.2, 0.25) is 0 Å². The van der Waals surface area contributed by atoms with Crippen molar-refractivity contribution in [3.63, 3.8) is 0 Å². The van der Waals surface area contributed by atoms with Crippen LogP contribution >= 0.6 is 11.3 Å². The molecule has 3 aromatic rings. The number of thiazole rings is 1. The van der Waals surface area contributed by atoms with Gasteiger partial charge in [0.05, 0.1) is 28.2 Å². The highest BCUT2D eigenvalue weighted by molar-refractivity contribution is 7.21. The first-order chi connectivity index (χ1) is 13.5. The molecule has 7 heteroatoms. The molecule has 0 fully saturated rings. The van der Waals surface area contributed by atoms with Gasteiger partial charge >= 0.3 is 0 Å². The van der Waals surface area contributed by atoms with E-state index in [1.165, 1.54) is 11.1 Å². The topological polar surface area (TPSA) is 89.6 Å². The lowest BCUT2D eigenvalue weighted by Gasteiger charge is -2.16. The van der Waals surface area contributed by atoms with Gasteiger partial charge < -0.3 is 11.1 Å². The zero-order valence-electron chi connectivity index (χ0n) is 16.1. The van der Waals surface area contributed by atoms with Crippen molar-refractivity contribution >= 4 is 33.3 Å². The summed E-state index contributed by atoms with van der Waals surface area (Å²) in [7, 11) is 0. The maximum atomic E-state index is 6.30. The molecule has 142 valence electrons. The van der Waals surface area contributed by atoms with Gasteiger partial charge in [-0.05, 0) is 38.8 Å². The van der Waals surface area contributed by atoms with Crippen molar-refractivity contribution in [2.45, 2.75) is 33.2 Å². The number of hydrogen-bond acceptors (Lipinski definition) is 7. The number of hydrogen-bond donors (Lipinski definition) is 2. The van der Waals surface area contributed by atoms with Crippen LogP contribution < -0.4 is 11.1 Å². The third-order valence-electron chi connectivity index (χ3n) is 4.68. The zero-order chi connectivity index (χ0) is 19.7. The van der Waals surface area contributed by atoms with E-state index in [0.29, 0.717) is 11.8 Å². The van der Waals surface area contributed by atoms with Gasteiger partial charge in [-0.3, -0.25) is 4.98 Å². The number of fused-ring (bicyclic) bond motifs is 1. The standard InChI is InChI=1S/C21H22N6S/c1-12-5-4-6-15(8-7-12)13(2)24-21-25-14(3)18(19(22)27-21)20-26-16-11-23-10-9-17(16)28-20/h4,6-11,13H,5H2,1-3H3,(H3,22,24,25,27)/t13-/m1/s1. The van der Waals surface area contributed by atoms with E-state index in [1.807, 2.05) is 13.0 Å². The molecular formula is C21H22N6S. The highest BCUT2D eigenvalue weighted by atomic mass is 32.1. The van der Waals surface area contributed by atoms with Crippen LogP contribution in [0.15, 0.2) is 53.9 Å². The molecule has 0 bridgehead atoms. The summed E-state index contributed by atoms with van der Waals surface area (Å²) in [5, 5.41) is 4.18. The number of nitrogens with zero attached hydrogens (tertiary/aromatic N) is 4. The van der Waals surface area contributed by atoms with E-state index in [9.17, 15) is 0 Å². The molecule has 1 atom stereocenters. The second-order valence-electron chi connectivity index (χ2n) is 6.91. The highest BCUT2D eigenvalue weighted by Crippen LogP contribution is 2.34. The molecule has 0 amide bonds. The number of aromatic nitrogens is 4. The number of aryl methyl sites for hydroxylation is 1. The largest absolute Gasteiger partial charge is 0.383 e. The molecule has 28 heavy (non-hydrogen) atoms. The summed E-state index contributed by atoms with van der Waals surface area (Å²) >= 11 is 1.57. The lowest BCUT2D eigenvalue weighted by molar-refractivity contribution is 0.916. The van der Waals surface area contributed by atoms with E-state index in [4.69, 9.17) is 5.73 Å². The molecular weight excluding hydrogens is 368 g/mol. The maximum absolute atomic E-state index is 6.30. The lowest BCUT2D eigenvalue weighted by Crippen LogP contribution is -2.19. The Bertz CT molecular complexity index is 1070. The van der Waals surface area contributed by atoms with Gasteiger partial charge in [0, 0.05) is 6.20 Å². The number of pyridine rings is 1. The minimum atomic E-state index is 0.0663. The van der Waals surface area contributed by atoms with Crippen LogP contribution in [-0.2, 0) is 0 Å². The van der Waals surface area contributed by atoms with Gasteiger partial charge in [0.1, 0.15) is 16.3 Å². The fraction of sp³-hybridized carbons (Fsp3) is 0.238. The normalized spacial score (nSPS) is 15.1. The summed E-state index contributed by atoms with van der Waals surface area (Å²) in [6, 6.07) is 2.02. The van der Waals surface area contributed by atoms with E-state index in [2.05, 4.69) is 63.4 Å². The molecule has 3 N–H and O–H groups in total. The first kappa shape index (κ1) is 18.3. The third-order valence-corrected chi connectivity index (χ3v) is 5.73. The molecule has 4 rings (SSSR count). The van der Waals surface area contributed by atoms with Crippen molar-refractivity contribution in [1.82, 2.24) is 19.9 Å². The van der Waals surface area contributed by atoms with Gasteiger partial charge in [-0.15, -0.1) is 11.3 Å². The summed E-state index contributed by atoms with van der Waals surface area (Å²) in [5.41, 5.74) is 11.3. The van der Waals surface area contributed by atoms with Crippen LogP contribution in [0.25, 0.3) is 20.8 Å². The van der Waals surface area contributed by atoms with Crippen LogP contribution in [0.3, 0.4) is 0 Å². The second-order valence-corrected chi connectivity index (χ2v) is 7.94. The Kier molecular flexibility index (Phi) is 4.92. The van der Waals surface area contributed by atoms with Crippen LogP contribution in [0, 0.1) is 6.92 Å². The van der Waals surface area contributed by atoms with Gasteiger partial charge in [-0.25, -0.2) is 9.97 Å². The SMILES string of the molecule is CC1=CC=C([C@@H](C)Nc2nc(C)c(-c3nc4cnccc4s3)c(N)n2)C=CC1. The van der Waals surface area contributed by atoms with Crippen molar-refractivity contribution in [2.75, 3.05) is 11.1 Å². The quantitative estimate of drug-likeness (QED) is 0.673. The number of allylic oxidation sites excluding steroid dienone is 4. The Labute approximate surface area is 168 Å². The molecule has 0 radical (unpaired) electrons. The van der Waals surface area contributed by atoms with Crippen LogP contribution in [0.4, 0.5) is 11.8 Å². The number of rotatable bonds is 4. The molecule has 0 aliphatic heterocycles. The van der Waals surface area contributed by atoms with Gasteiger partial charge in [-0.2, -0.15) is 4.98 Å². The third kappa shape index (κ3) is 3.66. The molecule has 6 nitrogen and oxygen atoms in total. The predicted molar refractivity (Wildman–Crippen MR) is 116 cm³/mol. The van der Waals surface area contributed by atoms with Gasteiger partial charge in [0.25, 0.3) is 0 Å². The molecule has 0 unspecified atom stereocenters. The van der Waals surface area contributed by atoms with Crippen LogP contribution in [0.1, 0.15) is 26.0 Å². The first-order valence-electron chi connectivity index (χ1n) is 9.16. The van der Waals surface area contributed by atoms with E-state index < -0.39 is 0 Å². The summed E-state index contributed by atoms with van der Waals surface area (Å²) < 4.78 is 1.06. The Morgan fingerprint density at radius 2 is 2.04 bits per heavy atom.